The molecule has 0 fully saturated rings. The van der Waals surface area contributed by atoms with Crippen LogP contribution in [0.2, 0.25) is 0 Å². The zero-order valence-electron chi connectivity index (χ0n) is 51.0. The van der Waals surface area contributed by atoms with E-state index in [1.807, 2.05) is 0 Å². The van der Waals surface area contributed by atoms with E-state index in [0.717, 1.165) is 56.0 Å². The van der Waals surface area contributed by atoms with Gasteiger partial charge in [-0.1, -0.05) is 279 Å². The van der Waals surface area contributed by atoms with Crippen molar-refractivity contribution in [3.63, 3.8) is 0 Å². The zero-order chi connectivity index (χ0) is 61.4. The van der Waals surface area contributed by atoms with Crippen LogP contribution in [0.3, 0.4) is 0 Å². The van der Waals surface area contributed by atoms with Crippen molar-refractivity contribution in [3.8, 4) is 106 Å². The number of fused-ring (bicyclic) bond motifs is 13. The lowest BCUT2D eigenvalue weighted by atomic mass is 9.70. The molecule has 0 saturated carbocycles. The van der Waals surface area contributed by atoms with Crippen molar-refractivity contribution in [2.45, 2.75) is 5.41 Å². The molecule has 2 aliphatic rings. The molecule has 2 aliphatic carbocycles. The second-order valence-electron chi connectivity index (χ2n) is 24.7. The first-order valence-corrected chi connectivity index (χ1v) is 32.2. The molecule has 93 heavy (non-hydrogen) atoms. The fraction of sp³-hybridized carbons (Fsp3) is 0.0110. The Morgan fingerprint density at radius 1 is 0.215 bits per heavy atom. The molecule has 2 heteroatoms. The summed E-state index contributed by atoms with van der Waals surface area (Å²) in [6.07, 6.45) is 0. The molecule has 0 N–H and O–H groups in total. The molecule has 16 aromatic rings. The van der Waals surface area contributed by atoms with Crippen LogP contribution >= 0.6 is 0 Å². The molecule has 2 nitrogen and oxygen atoms in total. The first-order chi connectivity index (χ1) is 46.1. The molecule has 0 bridgehead atoms. The van der Waals surface area contributed by atoms with Gasteiger partial charge in [-0.3, -0.25) is 0 Å². The Kier molecular flexibility index (Phi) is 12.8. The summed E-state index contributed by atoms with van der Waals surface area (Å²) in [5.74, 6) is 0. The van der Waals surface area contributed by atoms with Crippen LogP contribution < -0.4 is 4.90 Å². The van der Waals surface area contributed by atoms with Crippen molar-refractivity contribution >= 4 is 38.9 Å². The number of nitrogens with zero attached hydrogens (tertiary/aromatic N) is 2. The minimum Gasteiger partial charge on any atom is -0.310 e. The van der Waals surface area contributed by atoms with Gasteiger partial charge in [-0.2, -0.15) is 0 Å². The minimum absolute atomic E-state index is 0.492. The lowest BCUT2D eigenvalue weighted by Crippen LogP contribution is -2.26. The van der Waals surface area contributed by atoms with Crippen molar-refractivity contribution in [2.75, 3.05) is 4.90 Å². The molecule has 1 aromatic heterocycles. The van der Waals surface area contributed by atoms with Crippen LogP contribution in [0.25, 0.3) is 128 Å². The summed E-state index contributed by atoms with van der Waals surface area (Å²) >= 11 is 0. The molecule has 0 amide bonds. The van der Waals surface area contributed by atoms with E-state index in [0.29, 0.717) is 0 Å². The van der Waals surface area contributed by atoms with Gasteiger partial charge in [-0.25, -0.2) is 0 Å². The molecule has 0 atom stereocenters. The van der Waals surface area contributed by atoms with Gasteiger partial charge >= 0.3 is 0 Å². The van der Waals surface area contributed by atoms with Crippen LogP contribution in [0.15, 0.2) is 364 Å². The van der Waals surface area contributed by atoms with Crippen molar-refractivity contribution in [1.29, 1.82) is 0 Å². The number of aromatic nitrogens is 1. The Hall–Kier alpha value is -12.1. The molecular formula is C91H60N2. The molecule has 0 saturated heterocycles. The fourth-order valence-electron chi connectivity index (χ4n) is 15.4. The second-order valence-corrected chi connectivity index (χ2v) is 24.7. The van der Waals surface area contributed by atoms with Crippen molar-refractivity contribution < 1.29 is 0 Å². The molecule has 0 aliphatic heterocycles. The lowest BCUT2D eigenvalue weighted by molar-refractivity contribution is 0.794. The van der Waals surface area contributed by atoms with Crippen molar-refractivity contribution in [2.24, 2.45) is 0 Å². The standard InChI is InChI=1S/C91H60N2/c1-5-22-61(23-6-1)67-30-19-32-69(54-67)71-46-52-87-81(59-71)82-60-72(70-33-20-31-68(55-70)62-24-7-2-8-25-62)47-53-88(82)93(87)76-50-44-66(45-51-76)65-42-48-75(49-43-65)92(77-57-73(63-26-9-3-10-27-63)56-74(58-77)64-28-11-4-12-29-64)89-41-21-40-86-90(89)80-36-15-18-39-85(80)91(86)83-37-16-13-34-78(83)79-35-14-17-38-84(79)91/h1-60H. The number of anilines is 3. The third-order valence-electron chi connectivity index (χ3n) is 19.6. The third-order valence-corrected chi connectivity index (χ3v) is 19.6. The van der Waals surface area contributed by atoms with Gasteiger partial charge < -0.3 is 9.47 Å². The van der Waals surface area contributed by atoms with Crippen LogP contribution in [0.4, 0.5) is 17.1 Å². The van der Waals surface area contributed by atoms with E-state index in [9.17, 15) is 0 Å². The summed E-state index contributed by atoms with van der Waals surface area (Å²) in [5, 5.41) is 2.42. The average Bonchev–Trinajstić information content (AvgIpc) is 1.51. The Morgan fingerprint density at radius 3 is 1.03 bits per heavy atom. The minimum atomic E-state index is -0.492. The van der Waals surface area contributed by atoms with Gasteiger partial charge in [0.2, 0.25) is 0 Å². The van der Waals surface area contributed by atoms with Gasteiger partial charge in [0.25, 0.3) is 0 Å². The van der Waals surface area contributed by atoms with Crippen LogP contribution in [-0.4, -0.2) is 4.57 Å². The Labute approximate surface area is 542 Å². The second kappa shape index (κ2) is 22.1. The maximum absolute atomic E-state index is 2.52. The van der Waals surface area contributed by atoms with Crippen molar-refractivity contribution in [1.82, 2.24) is 4.57 Å². The average molecular weight is 1180 g/mol. The SMILES string of the molecule is c1ccc(-c2cccc(-c3ccc4c(c3)c3cc(-c5cccc(-c6ccccc6)c5)ccc3n4-c3ccc(-c4ccc(N(c5cc(-c6ccccc6)cc(-c6ccccc6)c5)c5cccc6c5-c5ccccc5C65c6ccccc6-c6ccccc65)cc4)cc3)c2)cc1. The van der Waals surface area contributed by atoms with Gasteiger partial charge in [-0.15, -0.1) is 0 Å². The number of benzene rings is 15. The monoisotopic (exact) mass is 1180 g/mol. The van der Waals surface area contributed by atoms with Gasteiger partial charge in [0.15, 0.2) is 0 Å². The van der Waals surface area contributed by atoms with E-state index in [2.05, 4.69) is 373 Å². The van der Waals surface area contributed by atoms with E-state index in [4.69, 9.17) is 0 Å². The van der Waals surface area contributed by atoms with E-state index < -0.39 is 5.41 Å². The normalized spacial score (nSPS) is 12.4. The quantitative estimate of drug-likeness (QED) is 0.125. The van der Waals surface area contributed by atoms with Crippen LogP contribution in [0.1, 0.15) is 22.3 Å². The van der Waals surface area contributed by atoms with E-state index >= 15 is 0 Å². The van der Waals surface area contributed by atoms with Gasteiger partial charge in [0.05, 0.1) is 22.1 Å². The largest absolute Gasteiger partial charge is 0.310 e. The van der Waals surface area contributed by atoms with E-state index in [1.165, 1.54) is 111 Å². The first-order valence-electron chi connectivity index (χ1n) is 32.2. The maximum atomic E-state index is 2.52. The summed E-state index contributed by atoms with van der Waals surface area (Å²) in [4.78, 5) is 2.52. The highest BCUT2D eigenvalue weighted by Crippen LogP contribution is 2.65. The van der Waals surface area contributed by atoms with Gasteiger partial charge in [0, 0.05) is 33.4 Å². The highest BCUT2D eigenvalue weighted by molar-refractivity contribution is 6.12. The van der Waals surface area contributed by atoms with Crippen LogP contribution in [-0.2, 0) is 5.41 Å². The summed E-state index contributed by atoms with van der Waals surface area (Å²) in [6, 6.07) is 135. The summed E-state index contributed by atoms with van der Waals surface area (Å²) < 4.78 is 2.44. The number of hydrogen-bond donors (Lipinski definition) is 0. The number of rotatable bonds is 11. The van der Waals surface area contributed by atoms with E-state index in [1.54, 1.807) is 0 Å². The molecule has 15 aromatic carbocycles. The number of hydrogen-bond acceptors (Lipinski definition) is 1. The lowest BCUT2D eigenvalue weighted by Gasteiger charge is -2.32. The van der Waals surface area contributed by atoms with E-state index in [-0.39, 0.29) is 0 Å². The third kappa shape index (κ3) is 8.94. The molecule has 434 valence electrons. The van der Waals surface area contributed by atoms with Crippen LogP contribution in [0, 0.1) is 0 Å². The zero-order valence-corrected chi connectivity index (χ0v) is 51.0. The Morgan fingerprint density at radius 2 is 0.548 bits per heavy atom. The smallest absolute Gasteiger partial charge is 0.0726 e. The first kappa shape index (κ1) is 53.9. The van der Waals surface area contributed by atoms with Crippen LogP contribution in [0.5, 0.6) is 0 Å². The highest BCUT2D eigenvalue weighted by Gasteiger charge is 2.52. The summed E-state index contributed by atoms with van der Waals surface area (Å²) in [6.45, 7) is 0. The summed E-state index contributed by atoms with van der Waals surface area (Å²) in [7, 11) is 0. The molecule has 18 rings (SSSR count). The maximum Gasteiger partial charge on any atom is 0.0726 e. The molecule has 1 spiro atoms. The molecule has 1 heterocycles. The molecular weight excluding hydrogens is 1120 g/mol. The molecule has 0 unspecified atom stereocenters. The van der Waals surface area contributed by atoms with Crippen molar-refractivity contribution in [3.05, 3.63) is 386 Å². The Bertz CT molecular complexity index is 5290. The van der Waals surface area contributed by atoms with Gasteiger partial charge in [-0.05, 0) is 202 Å². The highest BCUT2D eigenvalue weighted by atomic mass is 15.1. The fourth-order valence-corrected chi connectivity index (χ4v) is 15.4. The Balaban J connectivity index is 0.769. The molecule has 0 radical (unpaired) electrons. The van der Waals surface area contributed by atoms with Gasteiger partial charge in [0.1, 0.15) is 0 Å². The summed E-state index contributed by atoms with van der Waals surface area (Å²) in [5.41, 5.74) is 33.1. The predicted molar refractivity (Wildman–Crippen MR) is 390 cm³/mol. The topological polar surface area (TPSA) is 8.17 Å². The predicted octanol–water partition coefficient (Wildman–Crippen LogP) is 24.3.